The fourth-order valence-electron chi connectivity index (χ4n) is 2.70. The van der Waals surface area contributed by atoms with Crippen LogP contribution in [0.1, 0.15) is 47.2 Å². The van der Waals surface area contributed by atoms with Gasteiger partial charge in [-0.05, 0) is 35.8 Å². The smallest absolute Gasteiger partial charge is 0.185 e. The lowest BCUT2D eigenvalue weighted by Gasteiger charge is -2.12. The van der Waals surface area contributed by atoms with Crippen LogP contribution in [0.15, 0.2) is 46.9 Å². The highest BCUT2D eigenvalue weighted by molar-refractivity contribution is 6.55. The van der Waals surface area contributed by atoms with Crippen LogP contribution in [0.4, 0.5) is 0 Å². The third-order valence-corrected chi connectivity index (χ3v) is 6.71. The summed E-state index contributed by atoms with van der Waals surface area (Å²) in [6.07, 6.45) is 3.05. The first-order chi connectivity index (χ1) is 14.7. The van der Waals surface area contributed by atoms with Crippen molar-refractivity contribution in [3.8, 4) is 5.75 Å². The number of hydrogen-bond donors (Lipinski definition) is 0. The third kappa shape index (κ3) is 5.60. The van der Waals surface area contributed by atoms with Gasteiger partial charge < -0.3 is 9.15 Å². The van der Waals surface area contributed by atoms with Crippen LogP contribution in [-0.2, 0) is 6.61 Å². The van der Waals surface area contributed by atoms with Gasteiger partial charge in [-0.25, -0.2) is 0 Å². The SMILES string of the molecule is CC(C)c1ccc(C(=O)/C=C/c2ccc(COc3c(Cl)c(Cl)c(Cl)c(Cl)c3Cl)o2)cc1. The van der Waals surface area contributed by atoms with Gasteiger partial charge in [-0.3, -0.25) is 4.79 Å². The zero-order valence-corrected chi connectivity index (χ0v) is 20.3. The van der Waals surface area contributed by atoms with Crippen molar-refractivity contribution in [1.29, 1.82) is 0 Å². The van der Waals surface area contributed by atoms with Crippen molar-refractivity contribution < 1.29 is 13.9 Å². The van der Waals surface area contributed by atoms with Gasteiger partial charge in [-0.15, -0.1) is 0 Å². The van der Waals surface area contributed by atoms with Gasteiger partial charge in [-0.1, -0.05) is 96.1 Å². The summed E-state index contributed by atoms with van der Waals surface area (Å²) in [5, 5.41) is 0.273. The summed E-state index contributed by atoms with van der Waals surface area (Å²) < 4.78 is 11.3. The molecule has 0 N–H and O–H groups in total. The molecule has 0 fully saturated rings. The maximum atomic E-state index is 12.4. The average Bonchev–Trinajstić information content (AvgIpc) is 3.22. The number of hydrogen-bond acceptors (Lipinski definition) is 3. The van der Waals surface area contributed by atoms with Crippen molar-refractivity contribution in [2.24, 2.45) is 0 Å². The maximum absolute atomic E-state index is 12.4. The van der Waals surface area contributed by atoms with Gasteiger partial charge in [0.25, 0.3) is 0 Å². The Labute approximate surface area is 205 Å². The number of ether oxygens (including phenoxy) is 1. The van der Waals surface area contributed by atoms with E-state index in [1.807, 2.05) is 24.3 Å². The van der Waals surface area contributed by atoms with E-state index in [2.05, 4.69) is 13.8 Å². The topological polar surface area (TPSA) is 39.4 Å². The highest BCUT2D eigenvalue weighted by Crippen LogP contribution is 2.48. The van der Waals surface area contributed by atoms with E-state index in [1.165, 1.54) is 11.6 Å². The molecule has 3 nitrogen and oxygen atoms in total. The van der Waals surface area contributed by atoms with Gasteiger partial charge in [0, 0.05) is 5.56 Å². The van der Waals surface area contributed by atoms with Gasteiger partial charge in [-0.2, -0.15) is 0 Å². The largest absolute Gasteiger partial charge is 0.482 e. The summed E-state index contributed by atoms with van der Waals surface area (Å²) in [4.78, 5) is 12.4. The van der Waals surface area contributed by atoms with E-state index in [0.717, 1.165) is 0 Å². The first-order valence-corrected chi connectivity index (χ1v) is 11.1. The standard InChI is InChI=1S/C23H17Cl5O3/c1-12(2)13-3-5-14(6-4-13)17(29)10-9-15-7-8-16(31-15)11-30-23-21(27)19(25)18(24)20(26)22(23)28/h3-10,12H,11H2,1-2H3/b10-9+. The molecule has 0 aliphatic heterocycles. The molecule has 3 rings (SSSR count). The lowest BCUT2D eigenvalue weighted by atomic mass is 10.0. The Kier molecular flexibility index (Phi) is 8.01. The molecule has 31 heavy (non-hydrogen) atoms. The van der Waals surface area contributed by atoms with E-state index in [0.29, 0.717) is 23.0 Å². The number of carbonyl (C=O) groups excluding carboxylic acids is 1. The van der Waals surface area contributed by atoms with Gasteiger partial charge in [0.05, 0.1) is 15.1 Å². The minimum atomic E-state index is -0.117. The van der Waals surface area contributed by atoms with Crippen molar-refractivity contribution in [1.82, 2.24) is 0 Å². The normalized spacial score (nSPS) is 11.5. The molecule has 0 amide bonds. The predicted octanol–water partition coefficient (Wildman–Crippen LogP) is 9.15. The Balaban J connectivity index is 1.66. The average molecular weight is 519 g/mol. The summed E-state index contributed by atoms with van der Waals surface area (Å²) in [5.74, 6) is 1.38. The molecule has 162 valence electrons. The summed E-state index contributed by atoms with van der Waals surface area (Å²) in [6.45, 7) is 4.23. The Morgan fingerprint density at radius 1 is 0.903 bits per heavy atom. The number of halogens is 5. The molecule has 1 aromatic heterocycles. The molecule has 1 heterocycles. The van der Waals surface area contributed by atoms with Crippen LogP contribution in [0.2, 0.25) is 25.1 Å². The first-order valence-electron chi connectivity index (χ1n) is 9.24. The van der Waals surface area contributed by atoms with E-state index in [4.69, 9.17) is 67.2 Å². The Bertz CT molecular complexity index is 1100. The molecule has 0 aliphatic rings. The lowest BCUT2D eigenvalue weighted by Crippen LogP contribution is -1.96. The number of rotatable bonds is 7. The lowest BCUT2D eigenvalue weighted by molar-refractivity contribution is 0.104. The van der Waals surface area contributed by atoms with E-state index < -0.39 is 0 Å². The van der Waals surface area contributed by atoms with Crippen LogP contribution in [0.3, 0.4) is 0 Å². The number of allylic oxidation sites excluding steroid dienone is 1. The predicted molar refractivity (Wildman–Crippen MR) is 128 cm³/mol. The highest BCUT2D eigenvalue weighted by atomic mass is 35.5. The molecule has 0 spiro atoms. The summed E-state index contributed by atoms with van der Waals surface area (Å²) in [5.41, 5.74) is 1.79. The van der Waals surface area contributed by atoms with Crippen molar-refractivity contribution in [2.45, 2.75) is 26.4 Å². The second-order valence-electron chi connectivity index (χ2n) is 6.97. The van der Waals surface area contributed by atoms with Crippen molar-refractivity contribution in [3.63, 3.8) is 0 Å². The molecule has 0 atom stereocenters. The Hall–Kier alpha value is -1.62. The fraction of sp³-hybridized carbons (Fsp3) is 0.174. The first kappa shape index (κ1) is 24.0. The zero-order chi connectivity index (χ0) is 22.7. The highest BCUT2D eigenvalue weighted by Gasteiger charge is 2.21. The molecule has 8 heteroatoms. The van der Waals surface area contributed by atoms with Crippen molar-refractivity contribution in [3.05, 3.63) is 90.2 Å². The quantitative estimate of drug-likeness (QED) is 0.135. The number of carbonyl (C=O) groups is 1. The van der Waals surface area contributed by atoms with Crippen molar-refractivity contribution in [2.75, 3.05) is 0 Å². The van der Waals surface area contributed by atoms with Gasteiger partial charge in [0.1, 0.15) is 28.2 Å². The number of benzene rings is 2. The monoisotopic (exact) mass is 516 g/mol. The van der Waals surface area contributed by atoms with Gasteiger partial charge in [0.2, 0.25) is 0 Å². The zero-order valence-electron chi connectivity index (χ0n) is 16.5. The minimum absolute atomic E-state index is 0.0200. The van der Waals surface area contributed by atoms with Crippen LogP contribution in [-0.4, -0.2) is 5.78 Å². The minimum Gasteiger partial charge on any atom is -0.482 e. The molecule has 0 aliphatic carbocycles. The third-order valence-electron chi connectivity index (χ3n) is 4.47. The van der Waals surface area contributed by atoms with Gasteiger partial charge >= 0.3 is 0 Å². The number of furan rings is 1. The van der Waals surface area contributed by atoms with E-state index in [-0.39, 0.29) is 43.3 Å². The number of ketones is 1. The summed E-state index contributed by atoms with van der Waals surface area (Å²) >= 11 is 30.4. The maximum Gasteiger partial charge on any atom is 0.185 e. The van der Waals surface area contributed by atoms with Crippen LogP contribution >= 0.6 is 58.0 Å². The van der Waals surface area contributed by atoms with E-state index >= 15 is 0 Å². The van der Waals surface area contributed by atoms with Gasteiger partial charge in [0.15, 0.2) is 11.5 Å². The molecular formula is C23H17Cl5O3. The molecule has 0 saturated heterocycles. The van der Waals surface area contributed by atoms with E-state index in [9.17, 15) is 4.79 Å². The second-order valence-corrected chi connectivity index (χ2v) is 8.86. The van der Waals surface area contributed by atoms with E-state index in [1.54, 1.807) is 18.2 Å². The molecule has 0 unspecified atom stereocenters. The molecule has 3 aromatic rings. The van der Waals surface area contributed by atoms with Crippen LogP contribution < -0.4 is 4.74 Å². The molecule has 0 bridgehead atoms. The molecule has 0 saturated carbocycles. The van der Waals surface area contributed by atoms with Crippen LogP contribution in [0.25, 0.3) is 6.08 Å². The van der Waals surface area contributed by atoms with Crippen LogP contribution in [0, 0.1) is 0 Å². The molecular weight excluding hydrogens is 502 g/mol. The Morgan fingerprint density at radius 3 is 2.06 bits per heavy atom. The second kappa shape index (κ2) is 10.3. The molecule has 0 radical (unpaired) electrons. The summed E-state index contributed by atoms with van der Waals surface area (Å²) in [7, 11) is 0. The van der Waals surface area contributed by atoms with Crippen LogP contribution in [0.5, 0.6) is 5.75 Å². The Morgan fingerprint density at radius 2 is 1.48 bits per heavy atom. The molecule has 2 aromatic carbocycles. The fourth-order valence-corrected chi connectivity index (χ4v) is 3.93. The summed E-state index contributed by atoms with van der Waals surface area (Å²) in [6, 6.07) is 11.0. The van der Waals surface area contributed by atoms with Crippen molar-refractivity contribution >= 4 is 69.9 Å².